The molecule has 0 bridgehead atoms. The van der Waals surface area contributed by atoms with Crippen molar-refractivity contribution in [1.29, 1.82) is 0 Å². The molecule has 3 heteroatoms. The maximum absolute atomic E-state index is 13.1. The van der Waals surface area contributed by atoms with Crippen LogP contribution >= 0.6 is 0 Å². The Morgan fingerprint density at radius 2 is 2.27 bits per heavy atom. The molecule has 1 aromatic rings. The van der Waals surface area contributed by atoms with E-state index in [1.807, 2.05) is 6.07 Å². The summed E-state index contributed by atoms with van der Waals surface area (Å²) in [5.74, 6) is 0.392. The van der Waals surface area contributed by atoms with Crippen LogP contribution in [0.5, 0.6) is 0 Å². The standard InChI is InChI=1S/C12H17FN2/c1-8(2)6-15-7-11(14)10-5-9(13)3-4-12(10)15/h3-5,8,11H,6-7,14H2,1-2H3/t11-/m0/s1. The zero-order valence-corrected chi connectivity index (χ0v) is 9.20. The Hall–Kier alpha value is -1.09. The van der Waals surface area contributed by atoms with Crippen LogP contribution in [0.3, 0.4) is 0 Å². The molecule has 15 heavy (non-hydrogen) atoms. The highest BCUT2D eigenvalue weighted by atomic mass is 19.1. The molecule has 1 aliphatic rings. The largest absolute Gasteiger partial charge is 0.369 e. The number of rotatable bonds is 2. The first-order valence-corrected chi connectivity index (χ1v) is 5.38. The van der Waals surface area contributed by atoms with E-state index in [0.717, 1.165) is 24.3 Å². The van der Waals surface area contributed by atoms with E-state index in [0.29, 0.717) is 5.92 Å². The van der Waals surface area contributed by atoms with Crippen LogP contribution in [-0.4, -0.2) is 13.1 Å². The topological polar surface area (TPSA) is 29.3 Å². The Morgan fingerprint density at radius 1 is 1.53 bits per heavy atom. The highest BCUT2D eigenvalue weighted by Crippen LogP contribution is 2.34. The zero-order chi connectivity index (χ0) is 11.0. The number of halogens is 1. The summed E-state index contributed by atoms with van der Waals surface area (Å²) in [6.45, 7) is 6.13. The Morgan fingerprint density at radius 3 is 2.93 bits per heavy atom. The molecule has 82 valence electrons. The lowest BCUT2D eigenvalue weighted by molar-refractivity contribution is 0.603. The molecule has 2 N–H and O–H groups in total. The third kappa shape index (κ3) is 1.97. The molecule has 1 atom stereocenters. The van der Waals surface area contributed by atoms with Gasteiger partial charge in [0.15, 0.2) is 0 Å². The fraction of sp³-hybridized carbons (Fsp3) is 0.500. The second-order valence-corrected chi connectivity index (χ2v) is 4.61. The molecule has 0 aliphatic carbocycles. The van der Waals surface area contributed by atoms with Crippen LogP contribution in [0.25, 0.3) is 0 Å². The summed E-state index contributed by atoms with van der Waals surface area (Å²) >= 11 is 0. The van der Waals surface area contributed by atoms with Crippen molar-refractivity contribution in [3.05, 3.63) is 29.6 Å². The maximum atomic E-state index is 13.1. The number of fused-ring (bicyclic) bond motifs is 1. The Labute approximate surface area is 89.9 Å². The average Bonchev–Trinajstić information content (AvgIpc) is 2.42. The van der Waals surface area contributed by atoms with Gasteiger partial charge in [-0.1, -0.05) is 13.8 Å². The van der Waals surface area contributed by atoms with Crippen molar-refractivity contribution in [2.24, 2.45) is 11.7 Å². The molecule has 2 nitrogen and oxygen atoms in total. The van der Waals surface area contributed by atoms with Crippen molar-refractivity contribution in [2.45, 2.75) is 19.9 Å². The summed E-state index contributed by atoms with van der Waals surface area (Å²) in [5.41, 5.74) is 8.01. The minimum Gasteiger partial charge on any atom is -0.369 e. The van der Waals surface area contributed by atoms with Crippen LogP contribution in [-0.2, 0) is 0 Å². The summed E-state index contributed by atoms with van der Waals surface area (Å²) in [7, 11) is 0. The normalized spacial score (nSPS) is 19.8. The predicted molar refractivity (Wildman–Crippen MR) is 60.4 cm³/mol. The lowest BCUT2D eigenvalue weighted by Gasteiger charge is -2.21. The number of nitrogens with zero attached hydrogens (tertiary/aromatic N) is 1. The van der Waals surface area contributed by atoms with E-state index in [1.165, 1.54) is 6.07 Å². The zero-order valence-electron chi connectivity index (χ0n) is 9.20. The van der Waals surface area contributed by atoms with Gasteiger partial charge < -0.3 is 10.6 Å². The molecule has 0 amide bonds. The summed E-state index contributed by atoms with van der Waals surface area (Å²) < 4.78 is 13.1. The van der Waals surface area contributed by atoms with Gasteiger partial charge in [-0.25, -0.2) is 4.39 Å². The summed E-state index contributed by atoms with van der Waals surface area (Å²) in [5, 5.41) is 0. The highest BCUT2D eigenvalue weighted by Gasteiger charge is 2.26. The van der Waals surface area contributed by atoms with Crippen LogP contribution in [0.15, 0.2) is 18.2 Å². The van der Waals surface area contributed by atoms with Crippen molar-refractivity contribution >= 4 is 5.69 Å². The number of benzene rings is 1. The van der Waals surface area contributed by atoms with Crippen LogP contribution in [0.2, 0.25) is 0 Å². The third-order valence-electron chi connectivity index (χ3n) is 2.73. The molecule has 1 aliphatic heterocycles. The SMILES string of the molecule is CC(C)CN1C[C@H](N)c2cc(F)ccc21. The van der Waals surface area contributed by atoms with Crippen molar-refractivity contribution in [3.63, 3.8) is 0 Å². The second kappa shape index (κ2) is 3.81. The summed E-state index contributed by atoms with van der Waals surface area (Å²) in [6, 6.07) is 4.85. The van der Waals surface area contributed by atoms with E-state index < -0.39 is 0 Å². The van der Waals surface area contributed by atoms with Crippen LogP contribution in [0.4, 0.5) is 10.1 Å². The molecular weight excluding hydrogens is 191 g/mol. The lowest BCUT2D eigenvalue weighted by atomic mass is 10.1. The van der Waals surface area contributed by atoms with Crippen LogP contribution in [0.1, 0.15) is 25.5 Å². The molecule has 0 radical (unpaired) electrons. The fourth-order valence-corrected chi connectivity index (χ4v) is 2.16. The number of anilines is 1. The van der Waals surface area contributed by atoms with Gasteiger partial charge in [0.2, 0.25) is 0 Å². The molecule has 0 aromatic heterocycles. The van der Waals surface area contributed by atoms with E-state index in [4.69, 9.17) is 5.73 Å². The van der Waals surface area contributed by atoms with Crippen molar-refractivity contribution in [1.82, 2.24) is 0 Å². The maximum Gasteiger partial charge on any atom is 0.123 e. The fourth-order valence-electron chi connectivity index (χ4n) is 2.16. The van der Waals surface area contributed by atoms with Gasteiger partial charge >= 0.3 is 0 Å². The van der Waals surface area contributed by atoms with Gasteiger partial charge in [0.05, 0.1) is 0 Å². The predicted octanol–water partition coefficient (Wildman–Crippen LogP) is 2.30. The highest BCUT2D eigenvalue weighted by molar-refractivity contribution is 5.59. The van der Waals surface area contributed by atoms with Gasteiger partial charge in [0.25, 0.3) is 0 Å². The molecule has 1 heterocycles. The monoisotopic (exact) mass is 208 g/mol. The van der Waals surface area contributed by atoms with E-state index in [2.05, 4.69) is 18.7 Å². The molecular formula is C12H17FN2. The number of hydrogen-bond donors (Lipinski definition) is 1. The Bertz CT molecular complexity index is 363. The number of hydrogen-bond acceptors (Lipinski definition) is 2. The van der Waals surface area contributed by atoms with E-state index >= 15 is 0 Å². The third-order valence-corrected chi connectivity index (χ3v) is 2.73. The molecule has 2 rings (SSSR count). The van der Waals surface area contributed by atoms with E-state index in [9.17, 15) is 4.39 Å². The van der Waals surface area contributed by atoms with Gasteiger partial charge in [-0.05, 0) is 29.7 Å². The van der Waals surface area contributed by atoms with Crippen molar-refractivity contribution < 1.29 is 4.39 Å². The smallest absolute Gasteiger partial charge is 0.123 e. The van der Waals surface area contributed by atoms with Crippen molar-refractivity contribution in [3.8, 4) is 0 Å². The summed E-state index contributed by atoms with van der Waals surface area (Å²) in [6.07, 6.45) is 0. The van der Waals surface area contributed by atoms with Crippen molar-refractivity contribution in [2.75, 3.05) is 18.0 Å². The Balaban J connectivity index is 2.30. The minimum atomic E-state index is -0.199. The minimum absolute atomic E-state index is 0.0468. The summed E-state index contributed by atoms with van der Waals surface area (Å²) in [4.78, 5) is 2.24. The first-order chi connectivity index (χ1) is 7.08. The average molecular weight is 208 g/mol. The van der Waals surface area contributed by atoms with Gasteiger partial charge in [-0.2, -0.15) is 0 Å². The molecule has 0 spiro atoms. The molecule has 0 unspecified atom stereocenters. The molecule has 0 saturated carbocycles. The second-order valence-electron chi connectivity index (χ2n) is 4.61. The van der Waals surface area contributed by atoms with E-state index in [1.54, 1.807) is 6.07 Å². The molecule has 0 saturated heterocycles. The molecule has 1 aromatic carbocycles. The lowest BCUT2D eigenvalue weighted by Crippen LogP contribution is -2.28. The first-order valence-electron chi connectivity index (χ1n) is 5.38. The van der Waals surface area contributed by atoms with E-state index in [-0.39, 0.29) is 11.9 Å². The quantitative estimate of drug-likeness (QED) is 0.808. The van der Waals surface area contributed by atoms with Gasteiger partial charge in [-0.3, -0.25) is 0 Å². The molecule has 0 fully saturated rings. The van der Waals surface area contributed by atoms with Gasteiger partial charge in [0, 0.05) is 24.8 Å². The van der Waals surface area contributed by atoms with Crippen LogP contribution < -0.4 is 10.6 Å². The number of nitrogens with two attached hydrogens (primary N) is 1. The first kappa shape index (κ1) is 10.4. The Kier molecular flexibility index (Phi) is 2.65. The van der Waals surface area contributed by atoms with Gasteiger partial charge in [-0.15, -0.1) is 0 Å². The van der Waals surface area contributed by atoms with Crippen LogP contribution in [0, 0.1) is 11.7 Å². The van der Waals surface area contributed by atoms with Gasteiger partial charge in [0.1, 0.15) is 5.82 Å².